The monoisotopic (exact) mass is 183 g/mol. The summed E-state index contributed by atoms with van der Waals surface area (Å²) in [5, 5.41) is 4.84. The van der Waals surface area contributed by atoms with Crippen LogP contribution in [0.4, 0.5) is 0 Å². The van der Waals surface area contributed by atoms with Crippen LogP contribution in [0.1, 0.15) is 24.8 Å². The van der Waals surface area contributed by atoms with Crippen molar-refractivity contribution in [3.8, 4) is 0 Å². The van der Waals surface area contributed by atoms with E-state index in [2.05, 4.69) is 19.2 Å². The number of rotatable bonds is 4. The van der Waals surface area contributed by atoms with Crippen molar-refractivity contribution >= 4 is 17.7 Å². The van der Waals surface area contributed by atoms with E-state index in [4.69, 9.17) is 0 Å². The quantitative estimate of drug-likeness (QED) is 0.712. The van der Waals surface area contributed by atoms with Crippen LogP contribution in [0.15, 0.2) is 17.5 Å². The van der Waals surface area contributed by atoms with Crippen molar-refractivity contribution in [2.75, 3.05) is 0 Å². The molecule has 1 atom stereocenters. The number of nitrogens with one attached hydrogen (secondary N) is 1. The maximum atomic E-state index is 10.3. The maximum Gasteiger partial charge on any atom is 0.207 e. The number of hydrogen-bond acceptors (Lipinski definition) is 2. The summed E-state index contributed by atoms with van der Waals surface area (Å²) >= 11 is 1.68. The van der Waals surface area contributed by atoms with Gasteiger partial charge in [-0.1, -0.05) is 19.9 Å². The molecule has 0 aliphatic heterocycles. The van der Waals surface area contributed by atoms with Gasteiger partial charge in [0.2, 0.25) is 6.41 Å². The molecule has 1 unspecified atom stereocenters. The standard InChI is InChI=1S/C9H13NOS/c1-7(2)9(10-6-11)8-4-3-5-12-8/h3-7,9H,1-2H3,(H,10,11). The molecule has 0 bridgehead atoms. The molecule has 0 saturated heterocycles. The molecule has 1 heterocycles. The van der Waals surface area contributed by atoms with E-state index >= 15 is 0 Å². The lowest BCUT2D eigenvalue weighted by Gasteiger charge is -2.17. The van der Waals surface area contributed by atoms with E-state index in [1.165, 1.54) is 4.88 Å². The molecular formula is C9H13NOS. The molecule has 0 spiro atoms. The lowest BCUT2D eigenvalue weighted by Crippen LogP contribution is -2.23. The third kappa shape index (κ3) is 2.08. The maximum absolute atomic E-state index is 10.3. The van der Waals surface area contributed by atoms with Crippen LogP contribution in [0, 0.1) is 5.92 Å². The first-order valence-corrected chi connectivity index (χ1v) is 4.86. The van der Waals surface area contributed by atoms with Gasteiger partial charge in [0, 0.05) is 4.88 Å². The van der Waals surface area contributed by atoms with E-state index in [1.807, 2.05) is 17.5 Å². The number of hydrogen-bond donors (Lipinski definition) is 1. The van der Waals surface area contributed by atoms with Crippen LogP contribution in [0.25, 0.3) is 0 Å². The molecule has 0 fully saturated rings. The Kier molecular flexibility index (Phi) is 3.29. The smallest absolute Gasteiger partial charge is 0.207 e. The van der Waals surface area contributed by atoms with E-state index in [0.717, 1.165) is 6.41 Å². The molecule has 1 rings (SSSR count). The summed E-state index contributed by atoms with van der Waals surface area (Å²) in [5.41, 5.74) is 0. The number of thiophene rings is 1. The Morgan fingerprint density at radius 3 is 2.75 bits per heavy atom. The molecular weight excluding hydrogens is 170 g/mol. The summed E-state index contributed by atoms with van der Waals surface area (Å²) in [6, 6.07) is 4.22. The Morgan fingerprint density at radius 2 is 2.33 bits per heavy atom. The highest BCUT2D eigenvalue weighted by molar-refractivity contribution is 7.10. The lowest BCUT2D eigenvalue weighted by molar-refractivity contribution is -0.110. The fraction of sp³-hybridized carbons (Fsp3) is 0.444. The van der Waals surface area contributed by atoms with Crippen molar-refractivity contribution in [3.63, 3.8) is 0 Å². The predicted octanol–water partition coefficient (Wildman–Crippen LogP) is 2.19. The van der Waals surface area contributed by atoms with Crippen LogP contribution < -0.4 is 5.32 Å². The molecule has 12 heavy (non-hydrogen) atoms. The van der Waals surface area contributed by atoms with Crippen molar-refractivity contribution in [2.45, 2.75) is 19.9 Å². The molecule has 2 nitrogen and oxygen atoms in total. The van der Waals surface area contributed by atoms with Crippen molar-refractivity contribution in [1.29, 1.82) is 0 Å². The Labute approximate surface area is 76.6 Å². The van der Waals surface area contributed by atoms with Gasteiger partial charge in [0.05, 0.1) is 6.04 Å². The molecule has 1 aromatic heterocycles. The van der Waals surface area contributed by atoms with Crippen LogP contribution in [-0.4, -0.2) is 6.41 Å². The fourth-order valence-electron chi connectivity index (χ4n) is 1.14. The topological polar surface area (TPSA) is 29.1 Å². The van der Waals surface area contributed by atoms with Gasteiger partial charge in [-0.15, -0.1) is 11.3 Å². The van der Waals surface area contributed by atoms with Crippen molar-refractivity contribution < 1.29 is 4.79 Å². The van der Waals surface area contributed by atoms with E-state index in [-0.39, 0.29) is 6.04 Å². The molecule has 66 valence electrons. The fourth-order valence-corrected chi connectivity index (χ4v) is 2.10. The Balaban J connectivity index is 2.73. The molecule has 0 saturated carbocycles. The molecule has 0 aromatic carbocycles. The van der Waals surface area contributed by atoms with Crippen molar-refractivity contribution in [2.24, 2.45) is 5.92 Å². The second kappa shape index (κ2) is 4.26. The molecule has 1 amide bonds. The normalized spacial score (nSPS) is 12.9. The zero-order valence-corrected chi connectivity index (χ0v) is 8.10. The largest absolute Gasteiger partial charge is 0.351 e. The molecule has 0 radical (unpaired) electrons. The second-order valence-electron chi connectivity index (χ2n) is 3.02. The second-order valence-corrected chi connectivity index (χ2v) is 4.00. The lowest BCUT2D eigenvalue weighted by atomic mass is 10.0. The minimum atomic E-state index is 0.169. The van der Waals surface area contributed by atoms with Crippen molar-refractivity contribution in [1.82, 2.24) is 5.32 Å². The number of amides is 1. The molecule has 1 aromatic rings. The van der Waals surface area contributed by atoms with Crippen molar-refractivity contribution in [3.05, 3.63) is 22.4 Å². The average molecular weight is 183 g/mol. The van der Waals surface area contributed by atoms with Crippen LogP contribution in [-0.2, 0) is 4.79 Å². The van der Waals surface area contributed by atoms with Gasteiger partial charge in [-0.2, -0.15) is 0 Å². The van der Waals surface area contributed by atoms with Crippen LogP contribution in [0.5, 0.6) is 0 Å². The Hall–Kier alpha value is -0.830. The van der Waals surface area contributed by atoms with E-state index in [9.17, 15) is 4.79 Å². The highest BCUT2D eigenvalue weighted by Crippen LogP contribution is 2.24. The van der Waals surface area contributed by atoms with Crippen LogP contribution in [0.3, 0.4) is 0 Å². The first kappa shape index (κ1) is 9.26. The summed E-state index contributed by atoms with van der Waals surface area (Å²) in [4.78, 5) is 11.5. The summed E-state index contributed by atoms with van der Waals surface area (Å²) in [5.74, 6) is 0.439. The van der Waals surface area contributed by atoms with Crippen LogP contribution >= 0.6 is 11.3 Å². The first-order chi connectivity index (χ1) is 5.75. The van der Waals surface area contributed by atoms with Gasteiger partial charge in [0.15, 0.2) is 0 Å². The average Bonchev–Trinajstić information content (AvgIpc) is 2.51. The highest BCUT2D eigenvalue weighted by atomic mass is 32.1. The van der Waals surface area contributed by atoms with Gasteiger partial charge in [-0.3, -0.25) is 4.79 Å². The summed E-state index contributed by atoms with van der Waals surface area (Å²) in [6.45, 7) is 4.20. The summed E-state index contributed by atoms with van der Waals surface area (Å²) < 4.78 is 0. The van der Waals surface area contributed by atoms with Gasteiger partial charge in [-0.05, 0) is 17.4 Å². The summed E-state index contributed by atoms with van der Waals surface area (Å²) in [7, 11) is 0. The zero-order chi connectivity index (χ0) is 8.97. The van der Waals surface area contributed by atoms with Crippen LogP contribution in [0.2, 0.25) is 0 Å². The summed E-state index contributed by atoms with van der Waals surface area (Å²) in [6.07, 6.45) is 0.768. The zero-order valence-electron chi connectivity index (χ0n) is 7.28. The minimum Gasteiger partial charge on any atom is -0.351 e. The van der Waals surface area contributed by atoms with E-state index in [0.29, 0.717) is 5.92 Å². The SMILES string of the molecule is CC(C)C(NC=O)c1cccs1. The molecule has 1 N–H and O–H groups in total. The third-order valence-corrected chi connectivity index (χ3v) is 2.72. The van der Waals surface area contributed by atoms with Gasteiger partial charge in [0.1, 0.15) is 0 Å². The van der Waals surface area contributed by atoms with Gasteiger partial charge >= 0.3 is 0 Å². The van der Waals surface area contributed by atoms with E-state index < -0.39 is 0 Å². The number of carbonyl (C=O) groups is 1. The van der Waals surface area contributed by atoms with Gasteiger partial charge < -0.3 is 5.32 Å². The van der Waals surface area contributed by atoms with Gasteiger partial charge in [-0.25, -0.2) is 0 Å². The molecule has 3 heteroatoms. The predicted molar refractivity (Wildman–Crippen MR) is 51.1 cm³/mol. The number of carbonyl (C=O) groups excluding carboxylic acids is 1. The Morgan fingerprint density at radius 1 is 1.58 bits per heavy atom. The highest BCUT2D eigenvalue weighted by Gasteiger charge is 2.14. The molecule has 0 aliphatic rings. The van der Waals surface area contributed by atoms with Gasteiger partial charge in [0.25, 0.3) is 0 Å². The van der Waals surface area contributed by atoms with E-state index in [1.54, 1.807) is 11.3 Å². The minimum absolute atomic E-state index is 0.169. The first-order valence-electron chi connectivity index (χ1n) is 3.98. The third-order valence-electron chi connectivity index (χ3n) is 1.76. The molecule has 0 aliphatic carbocycles. The Bertz CT molecular complexity index is 231.